The third-order valence-corrected chi connectivity index (χ3v) is 3.65. The molecule has 0 amide bonds. The summed E-state index contributed by atoms with van der Waals surface area (Å²) in [4.78, 5) is 16.2. The molecule has 106 valence electrons. The molecular formula is C14H16N2O3S. The van der Waals surface area contributed by atoms with Crippen LogP contribution in [0.25, 0.3) is 0 Å². The largest absolute Gasteiger partial charge is 0.497 e. The Kier molecular flexibility index (Phi) is 4.57. The maximum absolute atomic E-state index is 11.7. The minimum Gasteiger partial charge on any atom is -0.497 e. The SMILES string of the molecule is CCCn1c(O)c(C=Nc2ccc(OC)cc2)sc1=O. The average Bonchev–Trinajstić information content (AvgIpc) is 2.73. The third-order valence-electron chi connectivity index (χ3n) is 2.74. The Morgan fingerprint density at radius 2 is 2.10 bits per heavy atom. The van der Waals surface area contributed by atoms with Gasteiger partial charge in [-0.3, -0.25) is 14.4 Å². The van der Waals surface area contributed by atoms with Gasteiger partial charge in [-0.25, -0.2) is 0 Å². The first kappa shape index (κ1) is 14.3. The fourth-order valence-electron chi connectivity index (χ4n) is 1.72. The van der Waals surface area contributed by atoms with Gasteiger partial charge in [0.1, 0.15) is 10.6 Å². The number of benzene rings is 1. The molecule has 0 aliphatic rings. The molecule has 0 bridgehead atoms. The molecule has 0 atom stereocenters. The highest BCUT2D eigenvalue weighted by molar-refractivity contribution is 7.11. The van der Waals surface area contributed by atoms with Gasteiger partial charge in [0, 0.05) is 6.54 Å². The molecule has 20 heavy (non-hydrogen) atoms. The van der Waals surface area contributed by atoms with Gasteiger partial charge in [-0.15, -0.1) is 0 Å². The fraction of sp³-hybridized carbons (Fsp3) is 0.286. The Labute approximate surface area is 120 Å². The molecule has 0 aliphatic heterocycles. The van der Waals surface area contributed by atoms with Crippen LogP contribution in [0, 0.1) is 0 Å². The van der Waals surface area contributed by atoms with E-state index in [1.807, 2.05) is 6.92 Å². The smallest absolute Gasteiger partial charge is 0.310 e. The van der Waals surface area contributed by atoms with Crippen molar-refractivity contribution in [2.24, 2.45) is 4.99 Å². The van der Waals surface area contributed by atoms with Crippen LogP contribution in [-0.2, 0) is 6.54 Å². The van der Waals surface area contributed by atoms with Crippen molar-refractivity contribution in [2.45, 2.75) is 19.9 Å². The van der Waals surface area contributed by atoms with Crippen molar-refractivity contribution < 1.29 is 9.84 Å². The molecule has 0 unspecified atom stereocenters. The fourth-order valence-corrected chi connectivity index (χ4v) is 2.50. The second kappa shape index (κ2) is 6.38. The van der Waals surface area contributed by atoms with Gasteiger partial charge in [0.25, 0.3) is 0 Å². The molecule has 2 aromatic rings. The summed E-state index contributed by atoms with van der Waals surface area (Å²) in [7, 11) is 1.60. The summed E-state index contributed by atoms with van der Waals surface area (Å²) in [5.41, 5.74) is 0.730. The van der Waals surface area contributed by atoms with Gasteiger partial charge in [-0.05, 0) is 30.7 Å². The topological polar surface area (TPSA) is 63.8 Å². The standard InChI is InChI=1S/C14H16N2O3S/c1-3-8-16-13(17)12(20-14(16)18)9-15-10-4-6-11(19-2)7-5-10/h4-7,9,17H,3,8H2,1-2H3. The van der Waals surface area contributed by atoms with E-state index in [1.54, 1.807) is 31.4 Å². The molecule has 2 rings (SSSR count). The molecule has 1 aromatic carbocycles. The Morgan fingerprint density at radius 1 is 1.40 bits per heavy atom. The molecule has 1 heterocycles. The number of ether oxygens (including phenoxy) is 1. The monoisotopic (exact) mass is 292 g/mol. The van der Waals surface area contributed by atoms with Crippen molar-refractivity contribution in [1.82, 2.24) is 4.57 Å². The van der Waals surface area contributed by atoms with Crippen LogP contribution in [0.1, 0.15) is 18.2 Å². The highest BCUT2D eigenvalue weighted by atomic mass is 32.1. The summed E-state index contributed by atoms with van der Waals surface area (Å²) in [6.07, 6.45) is 2.30. The second-order valence-corrected chi connectivity index (χ2v) is 5.16. The summed E-state index contributed by atoms with van der Waals surface area (Å²) in [6.45, 7) is 2.46. The number of hydrogen-bond acceptors (Lipinski definition) is 5. The van der Waals surface area contributed by atoms with Crippen molar-refractivity contribution in [2.75, 3.05) is 7.11 Å². The van der Waals surface area contributed by atoms with E-state index in [0.29, 0.717) is 11.4 Å². The lowest BCUT2D eigenvalue weighted by atomic mass is 10.3. The number of nitrogens with zero attached hydrogens (tertiary/aromatic N) is 2. The summed E-state index contributed by atoms with van der Waals surface area (Å²) in [6, 6.07) is 7.21. The lowest BCUT2D eigenvalue weighted by Crippen LogP contribution is -2.11. The van der Waals surface area contributed by atoms with E-state index in [9.17, 15) is 9.90 Å². The third kappa shape index (κ3) is 3.08. The maximum atomic E-state index is 11.7. The van der Waals surface area contributed by atoms with Gasteiger partial charge in [0.05, 0.1) is 19.0 Å². The molecule has 0 saturated heterocycles. The number of aliphatic imine (C=N–C) groups is 1. The van der Waals surface area contributed by atoms with E-state index < -0.39 is 0 Å². The van der Waals surface area contributed by atoms with E-state index in [-0.39, 0.29) is 10.8 Å². The first-order chi connectivity index (χ1) is 9.65. The lowest BCUT2D eigenvalue weighted by Gasteiger charge is -2.00. The van der Waals surface area contributed by atoms with Crippen LogP contribution in [0.5, 0.6) is 11.6 Å². The Balaban J connectivity index is 2.22. The van der Waals surface area contributed by atoms with Crippen molar-refractivity contribution in [3.8, 4) is 11.6 Å². The molecule has 5 nitrogen and oxygen atoms in total. The predicted octanol–water partition coefficient (Wildman–Crippen LogP) is 2.78. The zero-order chi connectivity index (χ0) is 14.5. The summed E-state index contributed by atoms with van der Waals surface area (Å²) < 4.78 is 6.42. The van der Waals surface area contributed by atoms with Crippen molar-refractivity contribution in [3.05, 3.63) is 38.8 Å². The Hall–Kier alpha value is -2.08. The van der Waals surface area contributed by atoms with Gasteiger partial charge < -0.3 is 9.84 Å². The lowest BCUT2D eigenvalue weighted by molar-refractivity contribution is 0.411. The predicted molar refractivity (Wildman–Crippen MR) is 80.8 cm³/mol. The second-order valence-electron chi connectivity index (χ2n) is 4.16. The highest BCUT2D eigenvalue weighted by Gasteiger charge is 2.11. The molecule has 1 N–H and O–H groups in total. The minimum atomic E-state index is -0.166. The van der Waals surface area contributed by atoms with E-state index in [4.69, 9.17) is 4.74 Å². The van der Waals surface area contributed by atoms with Crippen LogP contribution in [0.15, 0.2) is 34.1 Å². The van der Waals surface area contributed by atoms with Crippen LogP contribution in [0.3, 0.4) is 0 Å². The van der Waals surface area contributed by atoms with Gasteiger partial charge in [-0.1, -0.05) is 18.3 Å². The van der Waals surface area contributed by atoms with Crippen LogP contribution in [0.2, 0.25) is 0 Å². The number of hydrogen-bond donors (Lipinski definition) is 1. The van der Waals surface area contributed by atoms with E-state index >= 15 is 0 Å². The molecule has 1 aromatic heterocycles. The summed E-state index contributed by atoms with van der Waals surface area (Å²) >= 11 is 0.991. The molecule has 0 fully saturated rings. The minimum absolute atomic E-state index is 0.0147. The maximum Gasteiger partial charge on any atom is 0.310 e. The summed E-state index contributed by atoms with van der Waals surface area (Å²) in [5.74, 6) is 0.740. The molecule has 6 heteroatoms. The molecule has 0 radical (unpaired) electrons. The quantitative estimate of drug-likeness (QED) is 0.862. The van der Waals surface area contributed by atoms with Crippen molar-refractivity contribution in [1.29, 1.82) is 0 Å². The van der Waals surface area contributed by atoms with Crippen LogP contribution < -0.4 is 9.61 Å². The van der Waals surface area contributed by atoms with Gasteiger partial charge in [0.15, 0.2) is 0 Å². The Morgan fingerprint density at radius 3 is 2.70 bits per heavy atom. The highest BCUT2D eigenvalue weighted by Crippen LogP contribution is 2.21. The van der Waals surface area contributed by atoms with Crippen LogP contribution in [-0.4, -0.2) is 23.0 Å². The number of aromatic hydroxyl groups is 1. The van der Waals surface area contributed by atoms with Crippen LogP contribution >= 0.6 is 11.3 Å². The molecule has 0 saturated carbocycles. The Bertz CT molecular complexity index is 656. The summed E-state index contributed by atoms with van der Waals surface area (Å²) in [5, 5.41) is 9.96. The van der Waals surface area contributed by atoms with Gasteiger partial charge in [0.2, 0.25) is 5.88 Å². The zero-order valence-corrected chi connectivity index (χ0v) is 12.2. The number of methoxy groups -OCH3 is 1. The number of thiazole rings is 1. The first-order valence-corrected chi connectivity index (χ1v) is 7.08. The van der Waals surface area contributed by atoms with Crippen LogP contribution in [0.4, 0.5) is 5.69 Å². The number of rotatable bonds is 5. The molecular weight excluding hydrogens is 276 g/mol. The van der Waals surface area contributed by atoms with Gasteiger partial charge >= 0.3 is 4.87 Å². The van der Waals surface area contributed by atoms with Gasteiger partial charge in [-0.2, -0.15) is 0 Å². The number of aromatic nitrogens is 1. The molecule has 0 spiro atoms. The zero-order valence-electron chi connectivity index (χ0n) is 11.4. The first-order valence-electron chi connectivity index (χ1n) is 6.26. The molecule has 0 aliphatic carbocycles. The van der Waals surface area contributed by atoms with Crippen molar-refractivity contribution in [3.63, 3.8) is 0 Å². The van der Waals surface area contributed by atoms with E-state index in [0.717, 1.165) is 29.2 Å². The van der Waals surface area contributed by atoms with E-state index in [1.165, 1.54) is 10.8 Å². The van der Waals surface area contributed by atoms with Crippen molar-refractivity contribution >= 4 is 23.2 Å². The normalized spacial score (nSPS) is 11.1. The average molecular weight is 292 g/mol. The van der Waals surface area contributed by atoms with E-state index in [2.05, 4.69) is 4.99 Å².